The smallest absolute Gasteiger partial charge is 0.0717 e. The van der Waals surface area contributed by atoms with Gasteiger partial charge in [0.15, 0.2) is 0 Å². The van der Waals surface area contributed by atoms with Gasteiger partial charge in [0.25, 0.3) is 0 Å². The lowest BCUT2D eigenvalue weighted by molar-refractivity contribution is -0.106. The molecule has 28 heavy (non-hydrogen) atoms. The van der Waals surface area contributed by atoms with Gasteiger partial charge in [-0.2, -0.15) is 0 Å². The molecule has 2 N–H and O–H groups in total. The van der Waals surface area contributed by atoms with E-state index in [4.69, 9.17) is 9.47 Å². The lowest BCUT2D eigenvalue weighted by atomic mass is 9.64. The van der Waals surface area contributed by atoms with Crippen LogP contribution in [0.5, 0.6) is 0 Å². The topological polar surface area (TPSA) is 50.7 Å². The zero-order chi connectivity index (χ0) is 19.2. The van der Waals surface area contributed by atoms with Gasteiger partial charge in [-0.25, -0.2) is 0 Å². The number of aliphatic hydroxyl groups excluding tert-OH is 1. The maximum Gasteiger partial charge on any atom is 0.0717 e. The van der Waals surface area contributed by atoms with Gasteiger partial charge in [0.1, 0.15) is 0 Å². The van der Waals surface area contributed by atoms with Gasteiger partial charge in [0.05, 0.1) is 32.5 Å². The molecule has 1 saturated heterocycles. The summed E-state index contributed by atoms with van der Waals surface area (Å²) in [6.07, 6.45) is 2.69. The van der Waals surface area contributed by atoms with E-state index in [1.54, 1.807) is 0 Å². The number of hydrogen-bond acceptors (Lipinski definition) is 4. The molecule has 1 aliphatic carbocycles. The monoisotopic (exact) mass is 381 g/mol. The summed E-state index contributed by atoms with van der Waals surface area (Å²) >= 11 is 0. The van der Waals surface area contributed by atoms with Gasteiger partial charge in [0.2, 0.25) is 0 Å². The summed E-state index contributed by atoms with van der Waals surface area (Å²) in [4.78, 5) is 0. The summed E-state index contributed by atoms with van der Waals surface area (Å²) in [6.45, 7) is 3.44. The Kier molecular flexibility index (Phi) is 6.43. The normalized spacial score (nSPS) is 26.1. The van der Waals surface area contributed by atoms with Crippen molar-refractivity contribution in [3.8, 4) is 0 Å². The first-order chi connectivity index (χ1) is 13.8. The van der Waals surface area contributed by atoms with Crippen molar-refractivity contribution in [2.75, 3.05) is 19.8 Å². The molecular formula is C24H31NO3. The van der Waals surface area contributed by atoms with Crippen molar-refractivity contribution in [3.05, 3.63) is 71.8 Å². The number of hydrogen-bond donors (Lipinski definition) is 2. The maximum atomic E-state index is 10.2. The number of piperidine rings is 1. The molecule has 150 valence electrons. The first kappa shape index (κ1) is 19.6. The second kappa shape index (κ2) is 9.19. The van der Waals surface area contributed by atoms with Crippen LogP contribution in [0.3, 0.4) is 0 Å². The van der Waals surface area contributed by atoms with E-state index in [-0.39, 0.29) is 17.6 Å². The van der Waals surface area contributed by atoms with Crippen LogP contribution < -0.4 is 5.32 Å². The molecular weight excluding hydrogens is 350 g/mol. The highest BCUT2D eigenvalue weighted by atomic mass is 16.5. The van der Waals surface area contributed by atoms with Gasteiger partial charge in [-0.1, -0.05) is 60.7 Å². The Morgan fingerprint density at radius 1 is 0.857 bits per heavy atom. The van der Waals surface area contributed by atoms with Crippen LogP contribution in [0.4, 0.5) is 0 Å². The molecule has 0 radical (unpaired) electrons. The van der Waals surface area contributed by atoms with Crippen LogP contribution in [0.2, 0.25) is 0 Å². The fraction of sp³-hybridized carbons (Fsp3) is 0.500. The van der Waals surface area contributed by atoms with Crippen LogP contribution >= 0.6 is 0 Å². The van der Waals surface area contributed by atoms with Gasteiger partial charge in [-0.05, 0) is 36.3 Å². The largest absolute Gasteiger partial charge is 0.392 e. The van der Waals surface area contributed by atoms with Crippen molar-refractivity contribution in [2.24, 2.45) is 11.3 Å². The fourth-order valence-electron chi connectivity index (χ4n) is 4.68. The summed E-state index contributed by atoms with van der Waals surface area (Å²) < 4.78 is 12.4. The second-order valence-electron chi connectivity index (χ2n) is 8.38. The third-order valence-electron chi connectivity index (χ3n) is 6.40. The van der Waals surface area contributed by atoms with Gasteiger partial charge in [-0.15, -0.1) is 0 Å². The number of benzene rings is 2. The van der Waals surface area contributed by atoms with E-state index in [2.05, 4.69) is 29.6 Å². The highest BCUT2D eigenvalue weighted by Crippen LogP contribution is 2.43. The minimum absolute atomic E-state index is 0.0415. The van der Waals surface area contributed by atoms with Gasteiger partial charge < -0.3 is 19.9 Å². The van der Waals surface area contributed by atoms with Crippen LogP contribution in [0, 0.1) is 11.3 Å². The molecule has 2 aromatic rings. The Bertz CT molecular complexity index is 676. The summed E-state index contributed by atoms with van der Waals surface area (Å²) in [6, 6.07) is 20.9. The van der Waals surface area contributed by atoms with Crippen molar-refractivity contribution < 1.29 is 14.6 Å². The zero-order valence-corrected chi connectivity index (χ0v) is 16.4. The number of ether oxygens (including phenoxy) is 2. The Labute approximate surface area is 167 Å². The molecule has 0 unspecified atom stereocenters. The van der Waals surface area contributed by atoms with Crippen molar-refractivity contribution in [2.45, 2.75) is 44.6 Å². The summed E-state index contributed by atoms with van der Waals surface area (Å²) in [5, 5.41) is 13.8. The predicted octanol–water partition coefficient (Wildman–Crippen LogP) is 3.54. The number of aliphatic hydroxyl groups is 1. The summed E-state index contributed by atoms with van der Waals surface area (Å²) in [7, 11) is 0. The highest BCUT2D eigenvalue weighted by Gasteiger charge is 2.47. The summed E-state index contributed by atoms with van der Waals surface area (Å²) in [5.74, 6) is 0.522. The van der Waals surface area contributed by atoms with Crippen molar-refractivity contribution in [1.82, 2.24) is 5.32 Å². The molecule has 2 bridgehead atoms. The molecule has 1 heterocycles. The van der Waals surface area contributed by atoms with E-state index < -0.39 is 0 Å². The van der Waals surface area contributed by atoms with Gasteiger partial charge >= 0.3 is 0 Å². The first-order valence-corrected chi connectivity index (χ1v) is 10.4. The standard InChI is InChI=1S/C24H31NO3/c26-23-12-11-21-13-22(23)25-16-24(21,17-27-14-19-7-3-1-4-8-19)18-28-15-20-9-5-2-6-10-20/h1-10,21-23,25-26H,11-18H2/t21-,22-,23-/m0/s1. The molecule has 1 aliphatic heterocycles. The summed E-state index contributed by atoms with van der Waals surface area (Å²) in [5.41, 5.74) is 2.35. The van der Waals surface area contributed by atoms with Crippen molar-refractivity contribution >= 4 is 0 Å². The minimum Gasteiger partial charge on any atom is -0.392 e. The molecule has 2 aromatic carbocycles. The number of rotatable bonds is 8. The molecule has 2 aliphatic rings. The van der Waals surface area contributed by atoms with Crippen LogP contribution in [0.25, 0.3) is 0 Å². The number of fused-ring (bicyclic) bond motifs is 2. The Hall–Kier alpha value is -1.72. The predicted molar refractivity (Wildman–Crippen MR) is 110 cm³/mol. The third kappa shape index (κ3) is 4.64. The lowest BCUT2D eigenvalue weighted by Gasteiger charge is -2.51. The quantitative estimate of drug-likeness (QED) is 0.734. The highest BCUT2D eigenvalue weighted by molar-refractivity contribution is 5.14. The van der Waals surface area contributed by atoms with Crippen molar-refractivity contribution in [1.29, 1.82) is 0 Å². The SMILES string of the molecule is O[C@H]1CC[C@H]2C[C@@H]1NCC2(COCc1ccccc1)COCc1ccccc1. The fourth-order valence-corrected chi connectivity index (χ4v) is 4.68. The van der Waals surface area contributed by atoms with Crippen molar-refractivity contribution in [3.63, 3.8) is 0 Å². The molecule has 0 aromatic heterocycles. The van der Waals surface area contributed by atoms with Crippen LogP contribution in [-0.2, 0) is 22.7 Å². The van der Waals surface area contributed by atoms with E-state index in [0.29, 0.717) is 32.3 Å². The first-order valence-electron chi connectivity index (χ1n) is 10.4. The van der Waals surface area contributed by atoms with Crippen LogP contribution in [0.1, 0.15) is 30.4 Å². The van der Waals surface area contributed by atoms with Crippen LogP contribution in [-0.4, -0.2) is 37.0 Å². The Morgan fingerprint density at radius 2 is 1.43 bits per heavy atom. The lowest BCUT2D eigenvalue weighted by Crippen LogP contribution is -2.61. The molecule has 4 nitrogen and oxygen atoms in total. The second-order valence-corrected chi connectivity index (χ2v) is 8.38. The molecule has 1 saturated carbocycles. The minimum atomic E-state index is -0.218. The molecule has 4 rings (SSSR count). The Balaban J connectivity index is 1.40. The molecule has 4 heteroatoms. The van der Waals surface area contributed by atoms with Crippen LogP contribution in [0.15, 0.2) is 60.7 Å². The van der Waals surface area contributed by atoms with E-state index >= 15 is 0 Å². The molecule has 2 fully saturated rings. The van der Waals surface area contributed by atoms with Gasteiger partial charge in [0, 0.05) is 18.0 Å². The maximum absolute atomic E-state index is 10.2. The van der Waals surface area contributed by atoms with E-state index in [1.807, 2.05) is 36.4 Å². The third-order valence-corrected chi connectivity index (χ3v) is 6.40. The number of nitrogens with one attached hydrogen (secondary N) is 1. The molecule has 3 atom stereocenters. The Morgan fingerprint density at radius 3 is 2.00 bits per heavy atom. The average molecular weight is 382 g/mol. The van der Waals surface area contributed by atoms with E-state index in [0.717, 1.165) is 25.8 Å². The average Bonchev–Trinajstić information content (AvgIpc) is 2.74. The van der Waals surface area contributed by atoms with E-state index in [9.17, 15) is 5.11 Å². The van der Waals surface area contributed by atoms with E-state index in [1.165, 1.54) is 11.1 Å². The molecule has 0 spiro atoms. The zero-order valence-electron chi connectivity index (χ0n) is 16.4. The van der Waals surface area contributed by atoms with Gasteiger partial charge in [-0.3, -0.25) is 0 Å². The molecule has 0 amide bonds.